The fraction of sp³-hybridized carbons (Fsp3) is 0.179. The number of carbonyl (C=O) groups excluding carboxylic acids is 2. The third-order valence-electron chi connectivity index (χ3n) is 5.88. The van der Waals surface area contributed by atoms with E-state index in [0.717, 1.165) is 33.5 Å². The third kappa shape index (κ3) is 5.23. The van der Waals surface area contributed by atoms with Crippen molar-refractivity contribution in [3.63, 3.8) is 0 Å². The molecule has 2 amide bonds. The van der Waals surface area contributed by atoms with Crippen LogP contribution in [-0.2, 0) is 16.1 Å². The van der Waals surface area contributed by atoms with Crippen molar-refractivity contribution in [3.05, 3.63) is 88.3 Å². The van der Waals surface area contributed by atoms with Gasteiger partial charge < -0.3 is 15.0 Å². The number of aliphatic imine (C=N–C) groups is 1. The van der Waals surface area contributed by atoms with E-state index in [1.807, 2.05) is 60.7 Å². The molecule has 0 saturated carbocycles. The van der Waals surface area contributed by atoms with Gasteiger partial charge in [-0.25, -0.2) is 4.99 Å². The van der Waals surface area contributed by atoms with Crippen molar-refractivity contribution in [1.82, 2.24) is 4.90 Å². The first-order valence-corrected chi connectivity index (χ1v) is 13.5. The highest BCUT2D eigenvalue weighted by molar-refractivity contribution is 8.19. The Bertz CT molecular complexity index is 1400. The smallest absolute Gasteiger partial charge is 0.269 e. The minimum absolute atomic E-state index is 0.0665. The van der Waals surface area contributed by atoms with Gasteiger partial charge in [0.1, 0.15) is 15.7 Å². The fourth-order valence-electron chi connectivity index (χ4n) is 4.13. The highest BCUT2D eigenvalue weighted by Gasteiger charge is 2.39. The van der Waals surface area contributed by atoms with Crippen LogP contribution in [0.15, 0.2) is 92.6 Å². The number of amidine groups is 1. The molecular weight excluding hydrogens is 504 g/mol. The summed E-state index contributed by atoms with van der Waals surface area (Å²) in [6.45, 7) is 4.69. The monoisotopic (exact) mass is 530 g/mol. The number of methoxy groups -OCH3 is 1. The van der Waals surface area contributed by atoms with E-state index in [2.05, 4.69) is 17.1 Å². The van der Waals surface area contributed by atoms with Crippen molar-refractivity contribution < 1.29 is 14.3 Å². The average Bonchev–Trinajstić information content (AvgIpc) is 3.42. The van der Waals surface area contributed by atoms with Gasteiger partial charge in [-0.2, -0.15) is 0 Å². The predicted octanol–water partition coefficient (Wildman–Crippen LogP) is 6.22. The number of hydrogen-bond donors (Lipinski definition) is 1. The first kappa shape index (κ1) is 25.0. The zero-order valence-electron chi connectivity index (χ0n) is 20.7. The summed E-state index contributed by atoms with van der Waals surface area (Å²) in [5, 5.41) is 4.29. The van der Waals surface area contributed by atoms with Crippen LogP contribution in [0.4, 0.5) is 17.1 Å². The van der Waals surface area contributed by atoms with Crippen LogP contribution in [0, 0.1) is 0 Å². The van der Waals surface area contributed by atoms with Gasteiger partial charge in [-0.1, -0.05) is 42.1 Å². The van der Waals surface area contributed by atoms with E-state index in [0.29, 0.717) is 28.0 Å². The molecule has 188 valence electrons. The molecule has 1 saturated heterocycles. The Morgan fingerprint density at radius 2 is 1.76 bits per heavy atom. The third-order valence-corrected chi connectivity index (χ3v) is 8.26. The molecule has 0 atom stereocenters. The Labute approximate surface area is 224 Å². The molecule has 0 bridgehead atoms. The Morgan fingerprint density at radius 1 is 1.00 bits per heavy atom. The van der Waals surface area contributed by atoms with Gasteiger partial charge in [0, 0.05) is 30.1 Å². The molecule has 1 N–H and O–H groups in total. The van der Waals surface area contributed by atoms with Crippen LogP contribution in [0.25, 0.3) is 0 Å². The molecule has 0 aliphatic carbocycles. The van der Waals surface area contributed by atoms with Gasteiger partial charge in [0.25, 0.3) is 5.91 Å². The minimum Gasteiger partial charge on any atom is -0.497 e. The number of carbonyl (C=O) groups is 2. The number of benzene rings is 3. The van der Waals surface area contributed by atoms with E-state index in [4.69, 9.17) is 9.73 Å². The number of amides is 2. The Hall–Kier alpha value is -3.69. The first-order chi connectivity index (χ1) is 18.0. The fourth-order valence-corrected chi connectivity index (χ4v) is 6.50. The second-order valence-electron chi connectivity index (χ2n) is 8.42. The number of ether oxygens (including phenoxy) is 1. The average molecular weight is 531 g/mol. The maximum atomic E-state index is 13.9. The second-order valence-corrected chi connectivity index (χ2v) is 10.4. The molecule has 5 rings (SSSR count). The van der Waals surface area contributed by atoms with Crippen molar-refractivity contribution in [2.75, 3.05) is 23.9 Å². The van der Waals surface area contributed by atoms with Gasteiger partial charge in [-0.15, -0.1) is 0 Å². The maximum Gasteiger partial charge on any atom is 0.269 e. The lowest BCUT2D eigenvalue weighted by Crippen LogP contribution is -2.29. The lowest BCUT2D eigenvalue weighted by atomic mass is 10.2. The molecule has 0 unspecified atom stereocenters. The number of fused-ring (bicyclic) bond motifs is 1. The van der Waals surface area contributed by atoms with Gasteiger partial charge in [0.05, 0.1) is 25.0 Å². The van der Waals surface area contributed by atoms with E-state index >= 15 is 0 Å². The van der Waals surface area contributed by atoms with Crippen molar-refractivity contribution in [3.8, 4) is 5.75 Å². The van der Waals surface area contributed by atoms with Crippen molar-refractivity contribution in [2.24, 2.45) is 4.99 Å². The summed E-state index contributed by atoms with van der Waals surface area (Å²) in [7, 11) is 1.66. The summed E-state index contributed by atoms with van der Waals surface area (Å²) >= 11 is 3.00. The van der Waals surface area contributed by atoms with Crippen LogP contribution in [-0.4, -0.2) is 35.5 Å². The molecule has 0 aromatic heterocycles. The van der Waals surface area contributed by atoms with Crippen LogP contribution in [0.3, 0.4) is 0 Å². The topological polar surface area (TPSA) is 74.2 Å². The summed E-state index contributed by atoms with van der Waals surface area (Å²) in [5.41, 5.74) is 3.46. The lowest BCUT2D eigenvalue weighted by Gasteiger charge is -2.19. The van der Waals surface area contributed by atoms with E-state index in [9.17, 15) is 9.59 Å². The molecule has 3 aromatic rings. The number of hydrogen-bond acceptors (Lipinski definition) is 7. The summed E-state index contributed by atoms with van der Waals surface area (Å²) in [4.78, 5) is 35.7. The van der Waals surface area contributed by atoms with Crippen molar-refractivity contribution >= 4 is 57.6 Å². The normalized spacial score (nSPS) is 17.9. The van der Waals surface area contributed by atoms with Gasteiger partial charge in [0.15, 0.2) is 5.17 Å². The molecule has 9 heteroatoms. The molecule has 3 aromatic carbocycles. The van der Waals surface area contributed by atoms with Crippen LogP contribution < -0.4 is 15.0 Å². The SMILES string of the molecule is CCN1/C(=C2/SC(=Nc3ccc(NC(C)=O)cc3)N(Cc3ccccc3)C2=O)Sc2ccc(OC)cc21. The number of rotatable bonds is 6. The quantitative estimate of drug-likeness (QED) is 0.382. The molecule has 0 radical (unpaired) electrons. The molecule has 37 heavy (non-hydrogen) atoms. The summed E-state index contributed by atoms with van der Waals surface area (Å²) in [5.74, 6) is 0.586. The molecule has 2 heterocycles. The summed E-state index contributed by atoms with van der Waals surface area (Å²) in [6.07, 6.45) is 0. The summed E-state index contributed by atoms with van der Waals surface area (Å²) < 4.78 is 5.44. The highest BCUT2D eigenvalue weighted by atomic mass is 32.2. The standard InChI is InChI=1S/C28H26N4O3S2/c1-4-31-23-16-22(35-3)14-15-24(23)36-27(31)25-26(34)32(17-19-8-6-5-7-9-19)28(37-25)30-21-12-10-20(11-13-21)29-18(2)33/h5-16H,4,17H2,1-3H3,(H,29,33)/b27-25-,30-28?. The molecule has 0 spiro atoms. The van der Waals surface area contributed by atoms with Crippen LogP contribution in [0.5, 0.6) is 5.75 Å². The van der Waals surface area contributed by atoms with Gasteiger partial charge >= 0.3 is 0 Å². The van der Waals surface area contributed by atoms with Gasteiger partial charge in [-0.05, 0) is 60.6 Å². The molecule has 2 aliphatic heterocycles. The van der Waals surface area contributed by atoms with Crippen molar-refractivity contribution in [2.45, 2.75) is 25.3 Å². The second kappa shape index (κ2) is 10.7. The largest absolute Gasteiger partial charge is 0.497 e. The van der Waals surface area contributed by atoms with Crippen LogP contribution >= 0.6 is 23.5 Å². The van der Waals surface area contributed by atoms with Gasteiger partial charge in [0.2, 0.25) is 5.91 Å². The highest BCUT2D eigenvalue weighted by Crippen LogP contribution is 2.51. The maximum absolute atomic E-state index is 13.9. The Kier molecular flexibility index (Phi) is 7.25. The lowest BCUT2D eigenvalue weighted by molar-refractivity contribution is -0.122. The number of thioether (sulfide) groups is 2. The Balaban J connectivity index is 1.53. The van der Waals surface area contributed by atoms with Crippen LogP contribution in [0.1, 0.15) is 19.4 Å². The number of anilines is 2. The predicted molar refractivity (Wildman–Crippen MR) is 151 cm³/mol. The summed E-state index contributed by atoms with van der Waals surface area (Å²) in [6, 6.07) is 23.2. The molecular formula is C28H26N4O3S2. The Morgan fingerprint density at radius 3 is 2.43 bits per heavy atom. The first-order valence-electron chi connectivity index (χ1n) is 11.8. The van der Waals surface area contributed by atoms with E-state index in [1.165, 1.54) is 18.7 Å². The molecule has 1 fully saturated rings. The molecule has 2 aliphatic rings. The van der Waals surface area contributed by atoms with E-state index in [1.54, 1.807) is 35.9 Å². The van der Waals surface area contributed by atoms with E-state index in [-0.39, 0.29) is 11.8 Å². The zero-order chi connectivity index (χ0) is 25.9. The van der Waals surface area contributed by atoms with Gasteiger partial charge in [-0.3, -0.25) is 14.5 Å². The number of nitrogens with zero attached hydrogens (tertiary/aromatic N) is 3. The zero-order valence-corrected chi connectivity index (χ0v) is 22.4. The van der Waals surface area contributed by atoms with Crippen LogP contribution in [0.2, 0.25) is 0 Å². The minimum atomic E-state index is -0.130. The number of nitrogens with one attached hydrogen (secondary N) is 1. The van der Waals surface area contributed by atoms with Crippen molar-refractivity contribution in [1.29, 1.82) is 0 Å². The molecule has 7 nitrogen and oxygen atoms in total. The van der Waals surface area contributed by atoms with E-state index < -0.39 is 0 Å².